The highest BCUT2D eigenvalue weighted by atomic mass is 16.5. The summed E-state index contributed by atoms with van der Waals surface area (Å²) in [5.74, 6) is 0.530. The van der Waals surface area contributed by atoms with Crippen LogP contribution in [-0.2, 0) is 4.79 Å². The molecular weight excluding hydrogens is 176 g/mol. The molecule has 1 aromatic rings. The Morgan fingerprint density at radius 1 is 1.21 bits per heavy atom. The lowest BCUT2D eigenvalue weighted by Gasteiger charge is -2.10. The number of rotatable bonds is 2. The maximum atomic E-state index is 11.1. The van der Waals surface area contributed by atoms with Crippen LogP contribution in [0.25, 0.3) is 0 Å². The van der Waals surface area contributed by atoms with Gasteiger partial charge in [0.15, 0.2) is 0 Å². The van der Waals surface area contributed by atoms with Crippen molar-refractivity contribution < 1.29 is 9.53 Å². The lowest BCUT2D eigenvalue weighted by molar-refractivity contribution is -0.134. The second kappa shape index (κ2) is 4.27. The van der Waals surface area contributed by atoms with Crippen LogP contribution in [0.1, 0.15) is 30.0 Å². The van der Waals surface area contributed by atoms with Crippen LogP contribution >= 0.6 is 0 Å². The molecule has 0 aromatic heterocycles. The molecule has 0 aliphatic carbocycles. The minimum absolute atomic E-state index is 0.181. The van der Waals surface area contributed by atoms with Crippen LogP contribution in [0.15, 0.2) is 12.1 Å². The highest BCUT2D eigenvalue weighted by Gasteiger charge is 2.08. The molecule has 0 bridgehead atoms. The van der Waals surface area contributed by atoms with E-state index in [2.05, 4.69) is 0 Å². The van der Waals surface area contributed by atoms with Gasteiger partial charge in [0.25, 0.3) is 0 Å². The van der Waals surface area contributed by atoms with Crippen molar-refractivity contribution in [1.29, 1.82) is 0 Å². The number of ether oxygens (including phenoxy) is 1. The van der Waals surface area contributed by atoms with Crippen molar-refractivity contribution >= 4 is 5.97 Å². The topological polar surface area (TPSA) is 26.3 Å². The molecule has 1 aromatic carbocycles. The van der Waals surface area contributed by atoms with Crippen molar-refractivity contribution in [3.63, 3.8) is 0 Å². The summed E-state index contributed by atoms with van der Waals surface area (Å²) in [6, 6.07) is 4.04. The quantitative estimate of drug-likeness (QED) is 0.532. The summed E-state index contributed by atoms with van der Waals surface area (Å²) in [5, 5.41) is 0. The fraction of sp³-hybridized carbons (Fsp3) is 0.417. The van der Waals surface area contributed by atoms with Gasteiger partial charge in [0.05, 0.1) is 0 Å². The molecule has 76 valence electrons. The van der Waals surface area contributed by atoms with Crippen LogP contribution in [0.3, 0.4) is 0 Å². The normalized spacial score (nSPS) is 10.0. The van der Waals surface area contributed by atoms with E-state index in [4.69, 9.17) is 4.74 Å². The Kier molecular flexibility index (Phi) is 3.28. The predicted octanol–water partition coefficient (Wildman–Crippen LogP) is 2.93. The summed E-state index contributed by atoms with van der Waals surface area (Å²) >= 11 is 0. The summed E-state index contributed by atoms with van der Waals surface area (Å²) in [7, 11) is 0. The zero-order valence-electron chi connectivity index (χ0n) is 9.18. The molecule has 0 heterocycles. The van der Waals surface area contributed by atoms with Gasteiger partial charge in [0.2, 0.25) is 0 Å². The summed E-state index contributed by atoms with van der Waals surface area (Å²) < 4.78 is 5.24. The van der Waals surface area contributed by atoms with E-state index in [1.165, 1.54) is 5.56 Å². The van der Waals surface area contributed by atoms with Gasteiger partial charge < -0.3 is 4.74 Å². The number of carbonyl (C=O) groups is 1. The summed E-state index contributed by atoms with van der Waals surface area (Å²) in [4.78, 5) is 11.1. The molecule has 0 atom stereocenters. The molecule has 0 unspecified atom stereocenters. The van der Waals surface area contributed by atoms with Gasteiger partial charge >= 0.3 is 5.97 Å². The van der Waals surface area contributed by atoms with Gasteiger partial charge in [-0.3, -0.25) is 4.79 Å². The van der Waals surface area contributed by atoms with Crippen molar-refractivity contribution in [2.45, 2.75) is 34.1 Å². The monoisotopic (exact) mass is 192 g/mol. The van der Waals surface area contributed by atoms with Crippen LogP contribution in [-0.4, -0.2) is 5.97 Å². The van der Waals surface area contributed by atoms with Gasteiger partial charge in [0, 0.05) is 6.42 Å². The molecule has 2 heteroatoms. The molecule has 0 N–H and O–H groups in total. The van der Waals surface area contributed by atoms with Gasteiger partial charge in [-0.05, 0) is 31.9 Å². The molecule has 0 radical (unpaired) electrons. The van der Waals surface area contributed by atoms with Crippen LogP contribution in [0.2, 0.25) is 0 Å². The number of esters is 1. The zero-order valence-corrected chi connectivity index (χ0v) is 9.18. The first kappa shape index (κ1) is 10.8. The van der Waals surface area contributed by atoms with E-state index in [-0.39, 0.29) is 5.97 Å². The Balaban J connectivity index is 3.02. The van der Waals surface area contributed by atoms with E-state index < -0.39 is 0 Å². The highest BCUT2D eigenvalue weighted by Crippen LogP contribution is 2.24. The first-order valence-electron chi connectivity index (χ1n) is 4.83. The average Bonchev–Trinajstić information content (AvgIpc) is 2.10. The molecule has 14 heavy (non-hydrogen) atoms. The largest absolute Gasteiger partial charge is 0.426 e. The highest BCUT2D eigenvalue weighted by molar-refractivity contribution is 5.73. The molecule has 1 rings (SSSR count). The minimum atomic E-state index is -0.181. The maximum Gasteiger partial charge on any atom is 0.310 e. The van der Waals surface area contributed by atoms with Crippen molar-refractivity contribution in [2.24, 2.45) is 0 Å². The molecular formula is C12H16O2. The Morgan fingerprint density at radius 2 is 1.71 bits per heavy atom. The number of hydrogen-bond acceptors (Lipinski definition) is 2. The van der Waals surface area contributed by atoms with Gasteiger partial charge in [-0.15, -0.1) is 0 Å². The first-order chi connectivity index (χ1) is 6.54. The molecule has 0 amide bonds. The van der Waals surface area contributed by atoms with Gasteiger partial charge in [0.1, 0.15) is 5.75 Å². The molecule has 0 fully saturated rings. The summed E-state index contributed by atoms with van der Waals surface area (Å²) in [6.07, 6.45) is 0.409. The van der Waals surface area contributed by atoms with Crippen LogP contribution in [0.5, 0.6) is 5.75 Å². The average molecular weight is 192 g/mol. The Morgan fingerprint density at radius 3 is 2.14 bits per heavy atom. The first-order valence-corrected chi connectivity index (χ1v) is 4.83. The lowest BCUT2D eigenvalue weighted by Crippen LogP contribution is -2.07. The number of benzene rings is 1. The third kappa shape index (κ3) is 2.34. The molecule has 0 aliphatic heterocycles. The van der Waals surface area contributed by atoms with Crippen molar-refractivity contribution in [3.05, 3.63) is 28.8 Å². The second-order valence-electron chi connectivity index (χ2n) is 3.56. The van der Waals surface area contributed by atoms with Crippen LogP contribution < -0.4 is 4.74 Å². The van der Waals surface area contributed by atoms with Gasteiger partial charge in [-0.1, -0.05) is 24.6 Å². The Labute approximate surface area is 84.9 Å². The van der Waals surface area contributed by atoms with Crippen molar-refractivity contribution in [2.75, 3.05) is 0 Å². The Hall–Kier alpha value is -1.31. The number of aryl methyl sites for hydroxylation is 3. The molecule has 0 aliphatic rings. The van der Waals surface area contributed by atoms with E-state index in [9.17, 15) is 4.79 Å². The summed E-state index contributed by atoms with van der Waals surface area (Å²) in [6.45, 7) is 7.74. The maximum absolute atomic E-state index is 11.1. The minimum Gasteiger partial charge on any atom is -0.426 e. The molecule has 2 nitrogen and oxygen atoms in total. The van der Waals surface area contributed by atoms with E-state index in [1.807, 2.05) is 32.9 Å². The van der Waals surface area contributed by atoms with Crippen LogP contribution in [0.4, 0.5) is 0 Å². The van der Waals surface area contributed by atoms with Crippen molar-refractivity contribution in [3.8, 4) is 5.75 Å². The molecule has 0 spiro atoms. The third-order valence-electron chi connectivity index (χ3n) is 2.11. The van der Waals surface area contributed by atoms with E-state index >= 15 is 0 Å². The van der Waals surface area contributed by atoms with Gasteiger partial charge in [-0.2, -0.15) is 0 Å². The molecule has 0 saturated carbocycles. The van der Waals surface area contributed by atoms with E-state index in [0.717, 1.165) is 11.1 Å². The fourth-order valence-electron chi connectivity index (χ4n) is 1.51. The SMILES string of the molecule is CCC(=O)Oc1c(C)cc(C)cc1C. The number of hydrogen-bond donors (Lipinski definition) is 0. The second-order valence-corrected chi connectivity index (χ2v) is 3.56. The zero-order chi connectivity index (χ0) is 10.7. The summed E-state index contributed by atoms with van der Waals surface area (Å²) in [5.41, 5.74) is 3.23. The third-order valence-corrected chi connectivity index (χ3v) is 2.11. The van der Waals surface area contributed by atoms with Gasteiger partial charge in [-0.25, -0.2) is 0 Å². The predicted molar refractivity (Wildman–Crippen MR) is 56.6 cm³/mol. The standard InChI is InChI=1S/C12H16O2/c1-5-11(13)14-12-9(3)6-8(2)7-10(12)4/h6-7H,5H2,1-4H3. The lowest BCUT2D eigenvalue weighted by atomic mass is 10.1. The van der Waals surface area contributed by atoms with Crippen molar-refractivity contribution in [1.82, 2.24) is 0 Å². The van der Waals surface area contributed by atoms with E-state index in [0.29, 0.717) is 12.2 Å². The fourth-order valence-corrected chi connectivity index (χ4v) is 1.51. The smallest absolute Gasteiger partial charge is 0.310 e. The van der Waals surface area contributed by atoms with Crippen LogP contribution in [0, 0.1) is 20.8 Å². The van der Waals surface area contributed by atoms with E-state index in [1.54, 1.807) is 6.92 Å². The molecule has 0 saturated heterocycles. The Bertz CT molecular complexity index is 330. The number of carbonyl (C=O) groups excluding carboxylic acids is 1.